The number of rotatable bonds is 2. The summed E-state index contributed by atoms with van der Waals surface area (Å²) in [5, 5.41) is 0. The Bertz CT molecular complexity index is 192. The van der Waals surface area contributed by atoms with Gasteiger partial charge >= 0.3 is 0 Å². The third-order valence-corrected chi connectivity index (χ3v) is 3.40. The van der Waals surface area contributed by atoms with Gasteiger partial charge in [0.1, 0.15) is 0 Å². The molecule has 0 aliphatic carbocycles. The molecule has 0 unspecified atom stereocenters. The lowest BCUT2D eigenvalue weighted by atomic mass is 10.2. The van der Waals surface area contributed by atoms with Crippen LogP contribution in [0.15, 0.2) is 0 Å². The SMILES string of the molecule is CN1CCN(C[C@@H]2CN(C)CCO2)CC1. The van der Waals surface area contributed by atoms with Crippen LogP contribution in [0.1, 0.15) is 0 Å². The highest BCUT2D eigenvalue weighted by Crippen LogP contribution is 2.07. The molecule has 2 saturated heterocycles. The van der Waals surface area contributed by atoms with E-state index in [0.717, 1.165) is 26.2 Å². The smallest absolute Gasteiger partial charge is 0.0829 e. The van der Waals surface area contributed by atoms with Crippen LogP contribution >= 0.6 is 0 Å². The molecule has 2 aliphatic rings. The van der Waals surface area contributed by atoms with E-state index in [9.17, 15) is 0 Å². The number of likely N-dealkylation sites (N-methyl/N-ethyl adjacent to an activating group) is 2. The van der Waals surface area contributed by atoms with Crippen molar-refractivity contribution >= 4 is 0 Å². The van der Waals surface area contributed by atoms with Gasteiger partial charge in [0, 0.05) is 45.8 Å². The van der Waals surface area contributed by atoms with Crippen LogP contribution in [0.5, 0.6) is 0 Å². The van der Waals surface area contributed by atoms with Gasteiger partial charge in [-0.15, -0.1) is 0 Å². The molecular weight excluding hydrogens is 190 g/mol. The monoisotopic (exact) mass is 213 g/mol. The van der Waals surface area contributed by atoms with Gasteiger partial charge in [0.15, 0.2) is 0 Å². The zero-order valence-corrected chi connectivity index (χ0v) is 9.98. The molecule has 0 N–H and O–H groups in total. The van der Waals surface area contributed by atoms with E-state index in [1.165, 1.54) is 26.2 Å². The Labute approximate surface area is 92.8 Å². The normalized spacial score (nSPS) is 32.0. The summed E-state index contributed by atoms with van der Waals surface area (Å²) in [4.78, 5) is 7.29. The molecule has 15 heavy (non-hydrogen) atoms. The summed E-state index contributed by atoms with van der Waals surface area (Å²) in [7, 11) is 4.38. The van der Waals surface area contributed by atoms with Gasteiger partial charge in [-0.3, -0.25) is 4.90 Å². The summed E-state index contributed by atoms with van der Waals surface area (Å²) in [6, 6.07) is 0. The van der Waals surface area contributed by atoms with Crippen LogP contribution in [-0.2, 0) is 4.74 Å². The van der Waals surface area contributed by atoms with Crippen LogP contribution in [0.25, 0.3) is 0 Å². The van der Waals surface area contributed by atoms with Gasteiger partial charge in [0.2, 0.25) is 0 Å². The standard InChI is InChI=1S/C11H23N3O/c1-12-3-5-14(6-4-12)10-11-9-13(2)7-8-15-11/h11H,3-10H2,1-2H3/t11-/m0/s1. The molecule has 0 aromatic carbocycles. The van der Waals surface area contributed by atoms with Crippen molar-refractivity contribution in [2.45, 2.75) is 6.10 Å². The van der Waals surface area contributed by atoms with Crippen molar-refractivity contribution in [3.05, 3.63) is 0 Å². The van der Waals surface area contributed by atoms with E-state index >= 15 is 0 Å². The topological polar surface area (TPSA) is 19.0 Å². The summed E-state index contributed by atoms with van der Waals surface area (Å²) in [6.45, 7) is 8.96. The molecule has 0 spiro atoms. The third kappa shape index (κ3) is 3.41. The van der Waals surface area contributed by atoms with Gasteiger partial charge in [-0.05, 0) is 14.1 Å². The van der Waals surface area contributed by atoms with Crippen molar-refractivity contribution in [1.29, 1.82) is 0 Å². The van der Waals surface area contributed by atoms with Crippen molar-refractivity contribution in [3.63, 3.8) is 0 Å². The number of ether oxygens (including phenoxy) is 1. The summed E-state index contributed by atoms with van der Waals surface area (Å²) in [5.74, 6) is 0. The van der Waals surface area contributed by atoms with Crippen LogP contribution in [0.2, 0.25) is 0 Å². The second kappa shape index (κ2) is 5.25. The zero-order chi connectivity index (χ0) is 10.7. The van der Waals surface area contributed by atoms with E-state index in [2.05, 4.69) is 28.8 Å². The van der Waals surface area contributed by atoms with Crippen LogP contribution < -0.4 is 0 Å². The quantitative estimate of drug-likeness (QED) is 0.619. The molecule has 88 valence electrons. The average Bonchev–Trinajstić information content (AvgIpc) is 2.22. The van der Waals surface area contributed by atoms with E-state index < -0.39 is 0 Å². The molecule has 1 atom stereocenters. The minimum absolute atomic E-state index is 0.423. The van der Waals surface area contributed by atoms with E-state index in [1.807, 2.05) is 0 Å². The number of hydrogen-bond acceptors (Lipinski definition) is 4. The van der Waals surface area contributed by atoms with Gasteiger partial charge in [-0.2, -0.15) is 0 Å². The molecule has 0 aromatic rings. The fourth-order valence-electron chi connectivity index (χ4n) is 2.30. The number of hydrogen-bond donors (Lipinski definition) is 0. The second-order valence-electron chi connectivity index (χ2n) is 4.86. The molecular formula is C11H23N3O. The average molecular weight is 213 g/mol. The maximum Gasteiger partial charge on any atom is 0.0829 e. The molecule has 4 heteroatoms. The maximum absolute atomic E-state index is 5.78. The Morgan fingerprint density at radius 3 is 2.40 bits per heavy atom. The summed E-state index contributed by atoms with van der Waals surface area (Å²) >= 11 is 0. The van der Waals surface area contributed by atoms with Crippen LogP contribution in [0.4, 0.5) is 0 Å². The maximum atomic E-state index is 5.78. The minimum Gasteiger partial charge on any atom is -0.374 e. The van der Waals surface area contributed by atoms with Gasteiger partial charge in [0.05, 0.1) is 12.7 Å². The van der Waals surface area contributed by atoms with E-state index in [-0.39, 0.29) is 0 Å². The Balaban J connectivity index is 1.71. The number of piperazine rings is 1. The molecule has 0 saturated carbocycles. The molecule has 0 amide bonds. The zero-order valence-electron chi connectivity index (χ0n) is 9.98. The Hall–Kier alpha value is -0.160. The minimum atomic E-state index is 0.423. The van der Waals surface area contributed by atoms with Crippen molar-refractivity contribution in [3.8, 4) is 0 Å². The largest absolute Gasteiger partial charge is 0.374 e. The van der Waals surface area contributed by atoms with Crippen LogP contribution in [0, 0.1) is 0 Å². The fraction of sp³-hybridized carbons (Fsp3) is 1.00. The van der Waals surface area contributed by atoms with Gasteiger partial charge in [0.25, 0.3) is 0 Å². The lowest BCUT2D eigenvalue weighted by molar-refractivity contribution is -0.0401. The van der Waals surface area contributed by atoms with Gasteiger partial charge in [-0.25, -0.2) is 0 Å². The second-order valence-corrected chi connectivity index (χ2v) is 4.86. The summed E-state index contributed by atoms with van der Waals surface area (Å²) < 4.78 is 5.78. The number of nitrogens with zero attached hydrogens (tertiary/aromatic N) is 3. The van der Waals surface area contributed by atoms with E-state index in [1.54, 1.807) is 0 Å². The fourth-order valence-corrected chi connectivity index (χ4v) is 2.30. The summed E-state index contributed by atoms with van der Waals surface area (Å²) in [5.41, 5.74) is 0. The predicted molar refractivity (Wildman–Crippen MR) is 61.2 cm³/mol. The Kier molecular flexibility index (Phi) is 3.97. The molecule has 2 heterocycles. The van der Waals surface area contributed by atoms with E-state index in [0.29, 0.717) is 6.10 Å². The van der Waals surface area contributed by atoms with Crippen LogP contribution in [0.3, 0.4) is 0 Å². The van der Waals surface area contributed by atoms with Crippen LogP contribution in [-0.4, -0.2) is 87.3 Å². The highest BCUT2D eigenvalue weighted by atomic mass is 16.5. The molecule has 2 fully saturated rings. The van der Waals surface area contributed by atoms with Crippen molar-refractivity contribution in [1.82, 2.24) is 14.7 Å². The third-order valence-electron chi connectivity index (χ3n) is 3.40. The Morgan fingerprint density at radius 2 is 1.73 bits per heavy atom. The van der Waals surface area contributed by atoms with E-state index in [4.69, 9.17) is 4.74 Å². The first-order valence-corrected chi connectivity index (χ1v) is 5.95. The Morgan fingerprint density at radius 1 is 1.00 bits per heavy atom. The molecule has 0 bridgehead atoms. The molecule has 4 nitrogen and oxygen atoms in total. The summed E-state index contributed by atoms with van der Waals surface area (Å²) in [6.07, 6.45) is 0.423. The predicted octanol–water partition coefficient (Wildman–Crippen LogP) is -0.436. The highest BCUT2D eigenvalue weighted by Gasteiger charge is 2.22. The lowest BCUT2D eigenvalue weighted by Crippen LogP contribution is -2.51. The van der Waals surface area contributed by atoms with Gasteiger partial charge in [-0.1, -0.05) is 0 Å². The molecule has 2 rings (SSSR count). The lowest BCUT2D eigenvalue weighted by Gasteiger charge is -2.37. The molecule has 0 radical (unpaired) electrons. The first-order valence-electron chi connectivity index (χ1n) is 5.95. The van der Waals surface area contributed by atoms with Gasteiger partial charge < -0.3 is 14.5 Å². The molecule has 2 aliphatic heterocycles. The van der Waals surface area contributed by atoms with Crippen molar-refractivity contribution < 1.29 is 4.74 Å². The number of morpholine rings is 1. The first-order chi connectivity index (χ1) is 7.24. The molecule has 0 aromatic heterocycles. The highest BCUT2D eigenvalue weighted by molar-refractivity contribution is 4.76. The van der Waals surface area contributed by atoms with Crippen molar-refractivity contribution in [2.75, 3.05) is 66.5 Å². The first kappa shape index (κ1) is 11.3. The van der Waals surface area contributed by atoms with Crippen molar-refractivity contribution in [2.24, 2.45) is 0 Å².